The van der Waals surface area contributed by atoms with Crippen molar-refractivity contribution in [2.45, 2.75) is 19.9 Å². The molecule has 1 N–H and O–H groups in total. The monoisotopic (exact) mass is 334 g/mol. The number of urea groups is 1. The summed E-state index contributed by atoms with van der Waals surface area (Å²) in [6.45, 7) is 3.18. The van der Waals surface area contributed by atoms with Gasteiger partial charge in [-0.15, -0.1) is 5.10 Å². The van der Waals surface area contributed by atoms with Gasteiger partial charge in [0.2, 0.25) is 0 Å². The Labute approximate surface area is 145 Å². The first-order chi connectivity index (χ1) is 12.2. The second kappa shape index (κ2) is 6.35. The lowest BCUT2D eigenvalue weighted by molar-refractivity contribution is 0.206. The highest BCUT2D eigenvalue weighted by Gasteiger charge is 2.20. The third kappa shape index (κ3) is 3.08. The first kappa shape index (κ1) is 15.3. The van der Waals surface area contributed by atoms with Crippen LogP contribution in [0.1, 0.15) is 17.0 Å². The van der Waals surface area contributed by atoms with Crippen molar-refractivity contribution in [3.63, 3.8) is 0 Å². The first-order valence-corrected chi connectivity index (χ1v) is 8.19. The molecule has 25 heavy (non-hydrogen) atoms. The molecule has 1 aliphatic heterocycles. The highest BCUT2D eigenvalue weighted by Crippen LogP contribution is 2.20. The van der Waals surface area contributed by atoms with E-state index in [1.54, 1.807) is 4.68 Å². The summed E-state index contributed by atoms with van der Waals surface area (Å²) < 4.78 is 1.63. The average molecular weight is 334 g/mol. The maximum atomic E-state index is 12.6. The number of nitrogens with one attached hydrogen (secondary N) is 1. The van der Waals surface area contributed by atoms with Crippen molar-refractivity contribution in [2.24, 2.45) is 0 Å². The normalized spacial score (nSPS) is 13.4. The van der Waals surface area contributed by atoms with Crippen LogP contribution in [0.5, 0.6) is 0 Å². The molecule has 0 bridgehead atoms. The van der Waals surface area contributed by atoms with E-state index in [4.69, 9.17) is 0 Å². The summed E-state index contributed by atoms with van der Waals surface area (Å²) in [7, 11) is 0. The Balaban J connectivity index is 1.49. The highest BCUT2D eigenvalue weighted by molar-refractivity contribution is 5.89. The van der Waals surface area contributed by atoms with E-state index in [0.717, 1.165) is 17.8 Å². The summed E-state index contributed by atoms with van der Waals surface area (Å²) in [5.41, 5.74) is 4.06. The van der Waals surface area contributed by atoms with Gasteiger partial charge < -0.3 is 10.2 Å². The molecule has 1 aromatic heterocycles. The number of aromatic nitrogens is 4. The van der Waals surface area contributed by atoms with Crippen molar-refractivity contribution >= 4 is 11.7 Å². The van der Waals surface area contributed by atoms with E-state index in [1.807, 2.05) is 48.2 Å². The third-order valence-electron chi connectivity index (χ3n) is 4.39. The van der Waals surface area contributed by atoms with Gasteiger partial charge in [0, 0.05) is 18.8 Å². The number of hydrogen-bond acceptors (Lipinski definition) is 4. The number of anilines is 1. The van der Waals surface area contributed by atoms with Crippen LogP contribution in [0, 0.1) is 6.92 Å². The molecule has 0 fully saturated rings. The van der Waals surface area contributed by atoms with Crippen LogP contribution in [0.4, 0.5) is 10.5 Å². The summed E-state index contributed by atoms with van der Waals surface area (Å²) in [4.78, 5) is 14.4. The number of aryl methyl sites for hydroxylation is 1. The number of rotatable bonds is 2. The lowest BCUT2D eigenvalue weighted by atomic mass is 10.0. The minimum atomic E-state index is -0.0971. The van der Waals surface area contributed by atoms with Gasteiger partial charge in [0.25, 0.3) is 0 Å². The molecule has 1 aliphatic rings. The van der Waals surface area contributed by atoms with Crippen LogP contribution in [-0.4, -0.2) is 37.7 Å². The summed E-state index contributed by atoms with van der Waals surface area (Å²) in [6, 6.07) is 15.7. The van der Waals surface area contributed by atoms with Gasteiger partial charge >= 0.3 is 6.03 Å². The van der Waals surface area contributed by atoms with E-state index < -0.39 is 0 Å². The predicted octanol–water partition coefficient (Wildman–Crippen LogP) is 2.56. The van der Waals surface area contributed by atoms with Crippen LogP contribution < -0.4 is 5.32 Å². The molecule has 4 rings (SSSR count). The lowest BCUT2D eigenvalue weighted by Crippen LogP contribution is -2.38. The summed E-state index contributed by atoms with van der Waals surface area (Å²) >= 11 is 0. The van der Waals surface area contributed by atoms with Crippen molar-refractivity contribution in [3.05, 3.63) is 65.5 Å². The van der Waals surface area contributed by atoms with Gasteiger partial charge in [-0.05, 0) is 53.1 Å². The highest BCUT2D eigenvalue weighted by atomic mass is 16.2. The van der Waals surface area contributed by atoms with Gasteiger partial charge in [-0.1, -0.05) is 30.3 Å². The summed E-state index contributed by atoms with van der Waals surface area (Å²) in [5.74, 6) is 0.691. The SMILES string of the molecule is Cc1nnnn1-c1cccc(NC(=O)N2CCc3ccccc3C2)c1. The molecule has 0 radical (unpaired) electrons. The van der Waals surface area contributed by atoms with Crippen LogP contribution in [0.25, 0.3) is 5.69 Å². The zero-order valence-corrected chi connectivity index (χ0v) is 13.9. The molecule has 0 saturated carbocycles. The van der Waals surface area contributed by atoms with Crippen LogP contribution in [0.2, 0.25) is 0 Å². The standard InChI is InChI=1S/C18H18N6O/c1-13-20-21-22-24(13)17-8-4-7-16(11-17)19-18(25)23-10-9-14-5-2-3-6-15(14)12-23/h2-8,11H,9-10,12H2,1H3,(H,19,25). The van der Waals surface area contributed by atoms with E-state index >= 15 is 0 Å². The number of nitrogens with zero attached hydrogens (tertiary/aromatic N) is 5. The van der Waals surface area contributed by atoms with Crippen LogP contribution in [0.15, 0.2) is 48.5 Å². The Kier molecular flexibility index (Phi) is 3.89. The minimum Gasteiger partial charge on any atom is -0.320 e. The Hall–Kier alpha value is -3.22. The number of tetrazole rings is 1. The van der Waals surface area contributed by atoms with E-state index in [2.05, 4.69) is 33.0 Å². The fourth-order valence-corrected chi connectivity index (χ4v) is 3.06. The number of amides is 2. The molecule has 0 atom stereocenters. The Bertz CT molecular complexity index is 919. The van der Waals surface area contributed by atoms with Crippen molar-refractivity contribution in [3.8, 4) is 5.69 Å². The van der Waals surface area contributed by atoms with E-state index in [9.17, 15) is 4.79 Å². The Morgan fingerprint density at radius 1 is 1.12 bits per heavy atom. The maximum absolute atomic E-state index is 12.6. The fourth-order valence-electron chi connectivity index (χ4n) is 3.06. The molecule has 2 heterocycles. The van der Waals surface area contributed by atoms with Gasteiger partial charge in [-0.3, -0.25) is 0 Å². The van der Waals surface area contributed by atoms with Crippen molar-refractivity contribution in [2.75, 3.05) is 11.9 Å². The first-order valence-electron chi connectivity index (χ1n) is 8.19. The molecule has 2 aromatic carbocycles. The van der Waals surface area contributed by atoms with Crippen molar-refractivity contribution < 1.29 is 4.79 Å². The topological polar surface area (TPSA) is 75.9 Å². The quantitative estimate of drug-likeness (QED) is 0.781. The molecule has 7 heteroatoms. The van der Waals surface area contributed by atoms with Crippen LogP contribution in [-0.2, 0) is 13.0 Å². The van der Waals surface area contributed by atoms with E-state index in [0.29, 0.717) is 18.9 Å². The van der Waals surface area contributed by atoms with Gasteiger partial charge in [-0.2, -0.15) is 4.68 Å². The fraction of sp³-hybridized carbons (Fsp3) is 0.222. The molecule has 2 amide bonds. The summed E-state index contributed by atoms with van der Waals surface area (Å²) in [5, 5.41) is 14.5. The van der Waals surface area contributed by atoms with Gasteiger partial charge in [0.05, 0.1) is 5.69 Å². The van der Waals surface area contributed by atoms with E-state index in [-0.39, 0.29) is 6.03 Å². The third-order valence-corrected chi connectivity index (χ3v) is 4.39. The molecule has 126 valence electrons. The number of carbonyl (C=O) groups is 1. The molecular formula is C18H18N6O. The van der Waals surface area contributed by atoms with Gasteiger partial charge in [0.15, 0.2) is 5.82 Å². The number of carbonyl (C=O) groups excluding carboxylic acids is 1. The number of hydrogen-bond donors (Lipinski definition) is 1. The number of benzene rings is 2. The van der Waals surface area contributed by atoms with Crippen molar-refractivity contribution in [1.82, 2.24) is 25.1 Å². The molecule has 0 aliphatic carbocycles. The van der Waals surface area contributed by atoms with Crippen LogP contribution in [0.3, 0.4) is 0 Å². The zero-order chi connectivity index (χ0) is 17.2. The molecule has 3 aromatic rings. The Morgan fingerprint density at radius 3 is 2.76 bits per heavy atom. The second-order valence-corrected chi connectivity index (χ2v) is 6.06. The maximum Gasteiger partial charge on any atom is 0.322 e. The van der Waals surface area contributed by atoms with Gasteiger partial charge in [-0.25, -0.2) is 4.79 Å². The molecule has 0 spiro atoms. The van der Waals surface area contributed by atoms with Crippen molar-refractivity contribution in [1.29, 1.82) is 0 Å². The summed E-state index contributed by atoms with van der Waals surface area (Å²) in [6.07, 6.45) is 0.882. The molecule has 7 nitrogen and oxygen atoms in total. The van der Waals surface area contributed by atoms with E-state index in [1.165, 1.54) is 11.1 Å². The largest absolute Gasteiger partial charge is 0.322 e. The predicted molar refractivity (Wildman–Crippen MR) is 93.5 cm³/mol. The van der Waals surface area contributed by atoms with Gasteiger partial charge in [0.1, 0.15) is 0 Å². The smallest absolute Gasteiger partial charge is 0.320 e. The minimum absolute atomic E-state index is 0.0971. The number of fused-ring (bicyclic) bond motifs is 1. The average Bonchev–Trinajstić information content (AvgIpc) is 3.07. The Morgan fingerprint density at radius 2 is 1.96 bits per heavy atom. The molecular weight excluding hydrogens is 316 g/mol. The molecule has 0 unspecified atom stereocenters. The second-order valence-electron chi connectivity index (χ2n) is 6.06. The molecule has 0 saturated heterocycles. The lowest BCUT2D eigenvalue weighted by Gasteiger charge is -2.29. The zero-order valence-electron chi connectivity index (χ0n) is 13.9. The van der Waals surface area contributed by atoms with Crippen LogP contribution >= 0.6 is 0 Å².